The Labute approximate surface area is 98.3 Å². The topological polar surface area (TPSA) is 59.2 Å². The molecule has 0 bridgehead atoms. The molecule has 0 aliphatic rings. The largest absolute Gasteiger partial charge is 0.534 e. The normalized spacial score (nSPS) is 12.9. The van der Waals surface area contributed by atoms with Crippen molar-refractivity contribution >= 4 is 21.0 Å². The second kappa shape index (κ2) is 3.87. The van der Waals surface area contributed by atoms with E-state index in [9.17, 15) is 26.0 Å². The summed E-state index contributed by atoms with van der Waals surface area (Å²) in [5, 5.41) is 0.197. The maximum atomic E-state index is 13.4. The van der Waals surface area contributed by atoms with Crippen LogP contribution in [0.2, 0.25) is 0 Å². The van der Waals surface area contributed by atoms with Crippen molar-refractivity contribution in [3.8, 4) is 5.75 Å². The zero-order valence-corrected chi connectivity index (χ0v) is 9.27. The lowest BCUT2D eigenvalue weighted by atomic mass is 10.2. The monoisotopic (exact) mass is 283 g/mol. The Bertz CT molecular complexity index is 689. The molecule has 0 atom stereocenters. The third-order valence-electron chi connectivity index (χ3n) is 2.07. The lowest BCUT2D eigenvalue weighted by Crippen LogP contribution is -2.28. The summed E-state index contributed by atoms with van der Waals surface area (Å²) in [7, 11) is -5.80. The van der Waals surface area contributed by atoms with Crippen molar-refractivity contribution in [3.63, 3.8) is 0 Å². The van der Waals surface area contributed by atoms with E-state index in [1.54, 1.807) is 0 Å². The molecule has 4 nitrogen and oxygen atoms in total. The summed E-state index contributed by atoms with van der Waals surface area (Å²) in [6, 6.07) is 2.91. The predicted molar refractivity (Wildman–Crippen MR) is 53.9 cm³/mol. The quantitative estimate of drug-likeness (QED) is 0.523. The number of halogens is 4. The summed E-state index contributed by atoms with van der Waals surface area (Å²) >= 11 is 0. The molecular formula is C9H5F4NO3S. The van der Waals surface area contributed by atoms with Gasteiger partial charge in [-0.2, -0.15) is 21.6 Å². The number of rotatable bonds is 2. The zero-order valence-electron chi connectivity index (χ0n) is 8.45. The average Bonchev–Trinajstić information content (AvgIpc) is 2.63. The molecule has 18 heavy (non-hydrogen) atoms. The molecule has 0 fully saturated rings. The number of hydrogen-bond acceptors (Lipinski definition) is 3. The predicted octanol–water partition coefficient (Wildman–Crippen LogP) is 2.54. The van der Waals surface area contributed by atoms with Gasteiger partial charge in [0.2, 0.25) is 0 Å². The van der Waals surface area contributed by atoms with Crippen molar-refractivity contribution in [3.05, 3.63) is 30.2 Å². The molecular weight excluding hydrogens is 278 g/mol. The molecule has 0 amide bonds. The Kier molecular flexibility index (Phi) is 2.73. The van der Waals surface area contributed by atoms with Crippen molar-refractivity contribution < 1.29 is 30.2 Å². The van der Waals surface area contributed by atoms with Crippen LogP contribution in [0.25, 0.3) is 10.9 Å². The minimum absolute atomic E-state index is 0.0479. The molecule has 0 aliphatic heterocycles. The van der Waals surface area contributed by atoms with Gasteiger partial charge in [-0.15, -0.1) is 0 Å². The maximum Gasteiger partial charge on any atom is 0.534 e. The molecule has 0 saturated carbocycles. The van der Waals surface area contributed by atoms with Gasteiger partial charge in [0.1, 0.15) is 5.75 Å². The van der Waals surface area contributed by atoms with Crippen molar-refractivity contribution in [2.24, 2.45) is 0 Å². The second-order valence-corrected chi connectivity index (χ2v) is 4.87. The average molecular weight is 283 g/mol. The number of fused-ring (bicyclic) bond motifs is 1. The summed E-state index contributed by atoms with van der Waals surface area (Å²) in [5.74, 6) is -1.65. The lowest BCUT2D eigenvalue weighted by Gasteiger charge is -2.09. The Hall–Kier alpha value is -1.77. The number of hydrogen-bond donors (Lipinski definition) is 1. The molecule has 0 unspecified atom stereocenters. The smallest absolute Gasteiger partial charge is 0.376 e. The first-order valence-corrected chi connectivity index (χ1v) is 5.89. The van der Waals surface area contributed by atoms with Crippen LogP contribution in [0.3, 0.4) is 0 Å². The molecule has 1 aromatic carbocycles. The van der Waals surface area contributed by atoms with Crippen LogP contribution >= 0.6 is 0 Å². The van der Waals surface area contributed by atoms with E-state index in [4.69, 9.17) is 0 Å². The van der Waals surface area contributed by atoms with E-state index in [1.165, 1.54) is 12.3 Å². The van der Waals surface area contributed by atoms with Gasteiger partial charge in [-0.1, -0.05) is 0 Å². The van der Waals surface area contributed by atoms with Crippen LogP contribution in [0.4, 0.5) is 17.6 Å². The Morgan fingerprint density at radius 1 is 1.22 bits per heavy atom. The number of aromatic amines is 1. The highest BCUT2D eigenvalue weighted by molar-refractivity contribution is 7.88. The maximum absolute atomic E-state index is 13.4. The summed E-state index contributed by atoms with van der Waals surface area (Å²) in [5.41, 5.74) is -5.51. The Morgan fingerprint density at radius 2 is 1.89 bits per heavy atom. The van der Waals surface area contributed by atoms with Crippen molar-refractivity contribution in [1.82, 2.24) is 4.98 Å². The van der Waals surface area contributed by atoms with E-state index >= 15 is 0 Å². The highest BCUT2D eigenvalue weighted by atomic mass is 32.2. The van der Waals surface area contributed by atoms with Gasteiger partial charge in [0.05, 0.1) is 5.52 Å². The number of alkyl halides is 3. The Morgan fingerprint density at radius 3 is 2.50 bits per heavy atom. The highest BCUT2D eigenvalue weighted by Crippen LogP contribution is 2.29. The van der Waals surface area contributed by atoms with Crippen molar-refractivity contribution in [1.29, 1.82) is 0 Å². The molecule has 2 aromatic rings. The first kappa shape index (κ1) is 12.7. The zero-order chi connectivity index (χ0) is 13.6. The van der Waals surface area contributed by atoms with Gasteiger partial charge in [0.25, 0.3) is 0 Å². The molecule has 1 heterocycles. The van der Waals surface area contributed by atoms with Crippen molar-refractivity contribution in [2.75, 3.05) is 0 Å². The van der Waals surface area contributed by atoms with Gasteiger partial charge in [0, 0.05) is 17.6 Å². The van der Waals surface area contributed by atoms with Crippen LogP contribution in [0.1, 0.15) is 0 Å². The molecule has 1 N–H and O–H groups in total. The molecule has 0 aliphatic carbocycles. The standard InChI is InChI=1S/C9H5F4NO3S/c10-7-4-6(3-5-1-2-14-8(5)7)17-18(15,16)9(11,12)13/h1-4,14H. The summed E-state index contributed by atoms with van der Waals surface area (Å²) < 4.78 is 74.8. The van der Waals surface area contributed by atoms with Crippen LogP contribution < -0.4 is 4.18 Å². The number of aromatic nitrogens is 1. The third kappa shape index (κ3) is 2.13. The van der Waals surface area contributed by atoms with E-state index in [0.29, 0.717) is 6.07 Å². The summed E-state index contributed by atoms with van der Waals surface area (Å²) in [6.45, 7) is 0. The van der Waals surface area contributed by atoms with E-state index < -0.39 is 27.2 Å². The fourth-order valence-electron chi connectivity index (χ4n) is 1.32. The summed E-state index contributed by atoms with van der Waals surface area (Å²) in [6.07, 6.45) is 1.36. The summed E-state index contributed by atoms with van der Waals surface area (Å²) in [4.78, 5) is 2.51. The first-order valence-electron chi connectivity index (χ1n) is 4.48. The van der Waals surface area contributed by atoms with Crippen LogP contribution in [-0.2, 0) is 10.1 Å². The Balaban J connectivity index is 2.45. The van der Waals surface area contributed by atoms with Crippen LogP contribution in [-0.4, -0.2) is 18.9 Å². The van der Waals surface area contributed by atoms with Gasteiger partial charge in [-0.05, 0) is 12.1 Å². The minimum atomic E-state index is -5.80. The van der Waals surface area contributed by atoms with E-state index in [-0.39, 0.29) is 10.9 Å². The van der Waals surface area contributed by atoms with Gasteiger partial charge in [-0.25, -0.2) is 4.39 Å². The van der Waals surface area contributed by atoms with Crippen LogP contribution in [0.5, 0.6) is 5.75 Å². The highest BCUT2D eigenvalue weighted by Gasteiger charge is 2.48. The lowest BCUT2D eigenvalue weighted by molar-refractivity contribution is -0.0500. The van der Waals surface area contributed by atoms with E-state index in [2.05, 4.69) is 9.17 Å². The molecule has 0 radical (unpaired) electrons. The van der Waals surface area contributed by atoms with Gasteiger partial charge in [0.15, 0.2) is 5.82 Å². The van der Waals surface area contributed by atoms with Crippen molar-refractivity contribution in [2.45, 2.75) is 5.51 Å². The minimum Gasteiger partial charge on any atom is -0.376 e. The molecule has 98 valence electrons. The van der Waals surface area contributed by atoms with Crippen LogP contribution in [0.15, 0.2) is 24.4 Å². The van der Waals surface area contributed by atoms with E-state index in [1.807, 2.05) is 0 Å². The fourth-order valence-corrected chi connectivity index (χ4v) is 1.77. The molecule has 0 spiro atoms. The van der Waals surface area contributed by atoms with Gasteiger partial charge < -0.3 is 9.17 Å². The second-order valence-electron chi connectivity index (χ2n) is 3.33. The SMILES string of the molecule is O=S(=O)(Oc1cc(F)c2[nH]ccc2c1)C(F)(F)F. The fraction of sp³-hybridized carbons (Fsp3) is 0.111. The number of H-pyrrole nitrogens is 1. The van der Waals surface area contributed by atoms with Crippen LogP contribution in [0, 0.1) is 5.82 Å². The molecule has 9 heteroatoms. The van der Waals surface area contributed by atoms with Gasteiger partial charge >= 0.3 is 15.6 Å². The van der Waals surface area contributed by atoms with Gasteiger partial charge in [-0.3, -0.25) is 0 Å². The third-order valence-corrected chi connectivity index (χ3v) is 3.05. The van der Waals surface area contributed by atoms with E-state index in [0.717, 1.165) is 6.07 Å². The molecule has 1 aromatic heterocycles. The molecule has 2 rings (SSSR count). The first-order chi connectivity index (χ1) is 8.21. The number of nitrogens with one attached hydrogen (secondary N) is 1. The molecule has 0 saturated heterocycles. The number of benzene rings is 1.